The lowest BCUT2D eigenvalue weighted by Crippen LogP contribution is -2.33. The summed E-state index contributed by atoms with van der Waals surface area (Å²) in [4.78, 5) is 31.6. The van der Waals surface area contributed by atoms with Crippen LogP contribution in [0.3, 0.4) is 0 Å². The molecular formula is C35H38N4O2. The summed E-state index contributed by atoms with van der Waals surface area (Å²) < 4.78 is 2.07. The summed E-state index contributed by atoms with van der Waals surface area (Å²) in [6, 6.07) is 26.8. The monoisotopic (exact) mass is 546 g/mol. The molecule has 2 aliphatic heterocycles. The van der Waals surface area contributed by atoms with Gasteiger partial charge in [-0.25, -0.2) is 0 Å². The second-order valence-electron chi connectivity index (χ2n) is 11.5. The molecule has 2 aliphatic rings. The molecule has 210 valence electrons. The molecule has 1 N–H and O–H groups in total. The Hall–Kier alpha value is -4.16. The number of aryl methyl sites for hydroxylation is 2. The van der Waals surface area contributed by atoms with Crippen molar-refractivity contribution in [3.05, 3.63) is 113 Å². The first-order chi connectivity index (χ1) is 19.9. The highest BCUT2D eigenvalue weighted by atomic mass is 16.2. The van der Waals surface area contributed by atoms with E-state index in [1.165, 1.54) is 24.0 Å². The van der Waals surface area contributed by atoms with E-state index < -0.39 is 0 Å². The summed E-state index contributed by atoms with van der Waals surface area (Å²) in [5.74, 6) is -0.102. The maximum Gasteiger partial charge on any atom is 0.267 e. The molecule has 6 rings (SSSR count). The van der Waals surface area contributed by atoms with Gasteiger partial charge in [-0.3, -0.25) is 9.59 Å². The van der Waals surface area contributed by atoms with E-state index >= 15 is 0 Å². The number of amides is 2. The summed E-state index contributed by atoms with van der Waals surface area (Å²) >= 11 is 0. The van der Waals surface area contributed by atoms with Crippen LogP contribution in [0.5, 0.6) is 0 Å². The van der Waals surface area contributed by atoms with Gasteiger partial charge < -0.3 is 19.7 Å². The van der Waals surface area contributed by atoms with Crippen LogP contribution in [0.1, 0.15) is 62.5 Å². The zero-order valence-electron chi connectivity index (χ0n) is 24.2. The van der Waals surface area contributed by atoms with Crippen molar-refractivity contribution in [2.24, 2.45) is 0 Å². The van der Waals surface area contributed by atoms with Crippen LogP contribution in [0.15, 0.2) is 78.9 Å². The van der Waals surface area contributed by atoms with Crippen LogP contribution >= 0.6 is 0 Å². The van der Waals surface area contributed by atoms with E-state index in [4.69, 9.17) is 0 Å². The number of benzene rings is 3. The topological polar surface area (TPSA) is 57.6 Å². The molecule has 6 nitrogen and oxygen atoms in total. The molecule has 6 heteroatoms. The number of para-hydroxylation sites is 1. The van der Waals surface area contributed by atoms with E-state index in [-0.39, 0.29) is 11.8 Å². The van der Waals surface area contributed by atoms with Gasteiger partial charge in [0.1, 0.15) is 5.69 Å². The maximum absolute atomic E-state index is 14.1. The Morgan fingerprint density at radius 1 is 0.878 bits per heavy atom. The number of fused-ring (bicyclic) bond motifs is 2. The van der Waals surface area contributed by atoms with Gasteiger partial charge in [-0.05, 0) is 105 Å². The standard InChI is InChI=1S/C35H38N4O2/c1-24-9-4-6-12-30(24)31-16-14-26(21-25(31)2)35(41)39-23-29-15-17-33(38(29)22-27-10-5-7-13-32(27)39)34(40)36-19-18-28-11-8-20-37(28)3/h4-7,9-10,12-17,21,28H,8,11,18-20,22-23H2,1-3H3,(H,36,40). The van der Waals surface area contributed by atoms with Crippen LogP contribution < -0.4 is 10.2 Å². The third kappa shape index (κ3) is 5.32. The van der Waals surface area contributed by atoms with Crippen molar-refractivity contribution in [2.75, 3.05) is 25.0 Å². The zero-order valence-corrected chi connectivity index (χ0v) is 24.2. The summed E-state index contributed by atoms with van der Waals surface area (Å²) in [6.07, 6.45) is 3.39. The molecule has 1 fully saturated rings. The van der Waals surface area contributed by atoms with E-state index in [9.17, 15) is 9.59 Å². The highest BCUT2D eigenvalue weighted by Crippen LogP contribution is 2.32. The van der Waals surface area contributed by atoms with E-state index in [2.05, 4.69) is 59.9 Å². The summed E-state index contributed by atoms with van der Waals surface area (Å²) in [5, 5.41) is 3.15. The largest absolute Gasteiger partial charge is 0.351 e. The number of hydrogen-bond donors (Lipinski definition) is 1. The van der Waals surface area contributed by atoms with Gasteiger partial charge in [0.25, 0.3) is 11.8 Å². The lowest BCUT2D eigenvalue weighted by Gasteiger charge is -2.23. The second kappa shape index (κ2) is 11.4. The number of carbonyl (C=O) groups is 2. The Balaban J connectivity index is 1.25. The fraction of sp³-hybridized carbons (Fsp3) is 0.314. The van der Waals surface area contributed by atoms with Gasteiger partial charge in [-0.1, -0.05) is 48.5 Å². The Labute approximate surface area is 242 Å². The van der Waals surface area contributed by atoms with Gasteiger partial charge in [0, 0.05) is 29.5 Å². The van der Waals surface area contributed by atoms with Crippen LogP contribution in [-0.4, -0.2) is 47.5 Å². The van der Waals surface area contributed by atoms with Gasteiger partial charge in [0.15, 0.2) is 0 Å². The molecule has 0 radical (unpaired) electrons. The van der Waals surface area contributed by atoms with Crippen molar-refractivity contribution in [3.63, 3.8) is 0 Å². The molecule has 0 aliphatic carbocycles. The first-order valence-electron chi connectivity index (χ1n) is 14.6. The number of anilines is 1. The molecule has 0 saturated carbocycles. The normalized spacial score (nSPS) is 16.7. The molecule has 4 aromatic rings. The van der Waals surface area contributed by atoms with Gasteiger partial charge >= 0.3 is 0 Å². The number of hydrogen-bond acceptors (Lipinski definition) is 3. The molecule has 41 heavy (non-hydrogen) atoms. The van der Waals surface area contributed by atoms with Crippen molar-refractivity contribution >= 4 is 17.5 Å². The summed E-state index contributed by atoms with van der Waals surface area (Å²) in [6.45, 7) is 6.91. The lowest BCUT2D eigenvalue weighted by atomic mass is 9.95. The third-order valence-corrected chi connectivity index (χ3v) is 8.82. The third-order valence-electron chi connectivity index (χ3n) is 8.82. The fourth-order valence-corrected chi connectivity index (χ4v) is 6.46. The van der Waals surface area contributed by atoms with E-state index in [1.54, 1.807) is 0 Å². The van der Waals surface area contributed by atoms with Gasteiger partial charge in [0.2, 0.25) is 0 Å². The van der Waals surface area contributed by atoms with Gasteiger partial charge in [-0.15, -0.1) is 0 Å². The second-order valence-corrected chi connectivity index (χ2v) is 11.5. The highest BCUT2D eigenvalue weighted by molar-refractivity contribution is 6.07. The van der Waals surface area contributed by atoms with Crippen LogP contribution in [0.4, 0.5) is 5.69 Å². The predicted octanol–water partition coefficient (Wildman–Crippen LogP) is 6.19. The molecule has 3 heterocycles. The molecule has 2 amide bonds. The Kier molecular flexibility index (Phi) is 7.50. The maximum atomic E-state index is 14.1. The first kappa shape index (κ1) is 27.0. The van der Waals surface area contributed by atoms with Crippen molar-refractivity contribution < 1.29 is 9.59 Å². The molecule has 3 aromatic carbocycles. The van der Waals surface area contributed by atoms with Crippen molar-refractivity contribution in [1.29, 1.82) is 0 Å². The average molecular weight is 547 g/mol. The molecule has 1 atom stereocenters. The lowest BCUT2D eigenvalue weighted by molar-refractivity contribution is 0.0940. The Bertz CT molecular complexity index is 1600. The Morgan fingerprint density at radius 2 is 1.66 bits per heavy atom. The van der Waals surface area contributed by atoms with Crippen LogP contribution in [0.25, 0.3) is 11.1 Å². The summed E-state index contributed by atoms with van der Waals surface area (Å²) in [7, 11) is 2.16. The number of rotatable bonds is 6. The molecule has 1 saturated heterocycles. The summed E-state index contributed by atoms with van der Waals surface area (Å²) in [5.41, 5.74) is 8.75. The number of carbonyl (C=O) groups excluding carboxylic acids is 2. The van der Waals surface area contributed by atoms with Crippen LogP contribution in [0.2, 0.25) is 0 Å². The number of nitrogens with zero attached hydrogens (tertiary/aromatic N) is 3. The van der Waals surface area contributed by atoms with E-state index in [0.717, 1.165) is 41.0 Å². The van der Waals surface area contributed by atoms with Gasteiger partial charge in [0.05, 0.1) is 13.1 Å². The minimum Gasteiger partial charge on any atom is -0.351 e. The quantitative estimate of drug-likeness (QED) is 0.314. The van der Waals surface area contributed by atoms with E-state index in [1.807, 2.05) is 59.5 Å². The number of nitrogens with one attached hydrogen (secondary N) is 1. The van der Waals surface area contributed by atoms with Crippen molar-refractivity contribution in [2.45, 2.75) is 52.2 Å². The minimum atomic E-state index is -0.0587. The van der Waals surface area contributed by atoms with Crippen LogP contribution in [0, 0.1) is 13.8 Å². The first-order valence-corrected chi connectivity index (χ1v) is 14.6. The molecule has 0 spiro atoms. The molecule has 1 unspecified atom stereocenters. The van der Waals surface area contributed by atoms with Gasteiger partial charge in [-0.2, -0.15) is 0 Å². The molecular weight excluding hydrogens is 508 g/mol. The molecule has 0 bridgehead atoms. The van der Waals surface area contributed by atoms with E-state index in [0.29, 0.717) is 36.9 Å². The predicted molar refractivity (Wildman–Crippen MR) is 164 cm³/mol. The van der Waals surface area contributed by atoms with Crippen molar-refractivity contribution in [1.82, 2.24) is 14.8 Å². The SMILES string of the molecule is Cc1ccccc1-c1ccc(C(=O)N2Cc3ccc(C(=O)NCCC4CCCN4C)n3Cc3ccccc32)cc1C. The zero-order chi connectivity index (χ0) is 28.5. The molecule has 1 aromatic heterocycles. The fourth-order valence-electron chi connectivity index (χ4n) is 6.46. The smallest absolute Gasteiger partial charge is 0.267 e. The van der Waals surface area contributed by atoms with Crippen LogP contribution in [-0.2, 0) is 13.1 Å². The average Bonchev–Trinajstić information content (AvgIpc) is 3.53. The Morgan fingerprint density at radius 3 is 2.44 bits per heavy atom. The minimum absolute atomic E-state index is 0.0433. The number of aromatic nitrogens is 1. The highest BCUT2D eigenvalue weighted by Gasteiger charge is 2.28. The number of likely N-dealkylation sites (tertiary alicyclic amines) is 1. The van der Waals surface area contributed by atoms with Crippen molar-refractivity contribution in [3.8, 4) is 11.1 Å².